The van der Waals surface area contributed by atoms with E-state index in [0.29, 0.717) is 17.0 Å². The average molecular weight is 233 g/mol. The number of rotatable bonds is 3. The van der Waals surface area contributed by atoms with Gasteiger partial charge >= 0.3 is 5.97 Å². The van der Waals surface area contributed by atoms with Gasteiger partial charge in [-0.05, 0) is 19.1 Å². The molecule has 2 N–H and O–H groups in total. The molecule has 0 aliphatic carbocycles. The smallest absolute Gasteiger partial charge is 0.322 e. The lowest BCUT2D eigenvalue weighted by atomic mass is 10.3. The van der Waals surface area contributed by atoms with E-state index in [4.69, 9.17) is 5.11 Å². The summed E-state index contributed by atoms with van der Waals surface area (Å²) >= 11 is 0. The summed E-state index contributed by atoms with van der Waals surface area (Å²) < 4.78 is 1.63. The van der Waals surface area contributed by atoms with E-state index < -0.39 is 18.4 Å². The SMILES string of the molecule is Cc1nc2ccccn2c1C(=O)NCC(=O)O. The molecule has 0 saturated heterocycles. The molecule has 2 aromatic rings. The Balaban J connectivity index is 2.37. The Morgan fingerprint density at radius 3 is 2.94 bits per heavy atom. The fourth-order valence-corrected chi connectivity index (χ4v) is 1.63. The number of aromatic nitrogens is 2. The van der Waals surface area contributed by atoms with E-state index in [1.165, 1.54) is 0 Å². The number of carboxylic acids is 1. The molecule has 6 nitrogen and oxygen atoms in total. The van der Waals surface area contributed by atoms with Crippen LogP contribution < -0.4 is 5.32 Å². The second-order valence-electron chi connectivity index (χ2n) is 3.55. The Hall–Kier alpha value is -2.37. The molecule has 0 aliphatic rings. The molecule has 2 aromatic heterocycles. The van der Waals surface area contributed by atoms with Crippen LogP contribution >= 0.6 is 0 Å². The van der Waals surface area contributed by atoms with Gasteiger partial charge in [0.1, 0.15) is 17.9 Å². The zero-order chi connectivity index (χ0) is 12.4. The predicted octanol–water partition coefficient (Wildman–Crippen LogP) is 0.457. The zero-order valence-corrected chi connectivity index (χ0v) is 9.17. The molecular weight excluding hydrogens is 222 g/mol. The number of carboxylic acid groups (broad SMARTS) is 1. The molecule has 0 fully saturated rings. The van der Waals surface area contributed by atoms with E-state index in [1.54, 1.807) is 29.7 Å². The number of carbonyl (C=O) groups excluding carboxylic acids is 1. The van der Waals surface area contributed by atoms with Crippen molar-refractivity contribution in [1.29, 1.82) is 0 Å². The largest absolute Gasteiger partial charge is 0.480 e. The maximum absolute atomic E-state index is 11.8. The van der Waals surface area contributed by atoms with Crippen LogP contribution in [0.15, 0.2) is 24.4 Å². The minimum absolute atomic E-state index is 0.363. The van der Waals surface area contributed by atoms with E-state index >= 15 is 0 Å². The van der Waals surface area contributed by atoms with Crippen LogP contribution in [0.5, 0.6) is 0 Å². The minimum Gasteiger partial charge on any atom is -0.480 e. The number of hydrogen-bond donors (Lipinski definition) is 2. The summed E-state index contributed by atoms with van der Waals surface area (Å²) in [6.07, 6.45) is 1.71. The lowest BCUT2D eigenvalue weighted by Gasteiger charge is -2.03. The summed E-state index contributed by atoms with van der Waals surface area (Å²) in [5, 5.41) is 10.8. The van der Waals surface area contributed by atoms with Crippen LogP contribution in [0.3, 0.4) is 0 Å². The van der Waals surface area contributed by atoms with Crippen molar-refractivity contribution in [2.75, 3.05) is 6.54 Å². The number of fused-ring (bicyclic) bond motifs is 1. The Morgan fingerprint density at radius 1 is 1.47 bits per heavy atom. The first-order valence-electron chi connectivity index (χ1n) is 5.03. The minimum atomic E-state index is -1.08. The lowest BCUT2D eigenvalue weighted by Crippen LogP contribution is -2.30. The van der Waals surface area contributed by atoms with Gasteiger partial charge in [0, 0.05) is 6.20 Å². The summed E-state index contributed by atoms with van der Waals surface area (Å²) in [4.78, 5) is 26.4. The molecule has 0 aromatic carbocycles. The molecule has 1 amide bonds. The average Bonchev–Trinajstić information content (AvgIpc) is 2.61. The van der Waals surface area contributed by atoms with Gasteiger partial charge in [-0.3, -0.25) is 14.0 Å². The van der Waals surface area contributed by atoms with Crippen LogP contribution in [0.4, 0.5) is 0 Å². The highest BCUT2D eigenvalue weighted by Gasteiger charge is 2.16. The maximum Gasteiger partial charge on any atom is 0.322 e. The van der Waals surface area contributed by atoms with E-state index in [0.717, 1.165) is 0 Å². The number of nitrogens with one attached hydrogen (secondary N) is 1. The highest BCUT2D eigenvalue weighted by atomic mass is 16.4. The van der Waals surface area contributed by atoms with Crippen molar-refractivity contribution in [1.82, 2.24) is 14.7 Å². The van der Waals surface area contributed by atoms with Crippen molar-refractivity contribution in [3.8, 4) is 0 Å². The van der Waals surface area contributed by atoms with Crippen molar-refractivity contribution < 1.29 is 14.7 Å². The third kappa shape index (κ3) is 2.10. The van der Waals surface area contributed by atoms with Crippen LogP contribution in [-0.2, 0) is 4.79 Å². The number of amides is 1. The van der Waals surface area contributed by atoms with Gasteiger partial charge in [-0.15, -0.1) is 0 Å². The first kappa shape index (κ1) is 11.1. The number of imidazole rings is 1. The quantitative estimate of drug-likeness (QED) is 0.806. The second kappa shape index (κ2) is 4.25. The molecule has 0 saturated carbocycles. The second-order valence-corrected chi connectivity index (χ2v) is 3.55. The van der Waals surface area contributed by atoms with Crippen molar-refractivity contribution in [3.05, 3.63) is 35.8 Å². The number of pyridine rings is 1. The fraction of sp³-hybridized carbons (Fsp3) is 0.182. The van der Waals surface area contributed by atoms with Crippen LogP contribution in [0.1, 0.15) is 16.2 Å². The first-order chi connectivity index (χ1) is 8.09. The summed E-state index contributed by atoms with van der Waals surface area (Å²) in [7, 11) is 0. The molecule has 2 heterocycles. The molecule has 88 valence electrons. The zero-order valence-electron chi connectivity index (χ0n) is 9.17. The van der Waals surface area contributed by atoms with Crippen molar-refractivity contribution in [2.45, 2.75) is 6.92 Å². The number of hydrogen-bond acceptors (Lipinski definition) is 3. The Kier molecular flexibility index (Phi) is 2.78. The molecule has 0 aliphatic heterocycles. The Morgan fingerprint density at radius 2 is 2.24 bits per heavy atom. The molecule has 17 heavy (non-hydrogen) atoms. The summed E-state index contributed by atoms with van der Waals surface area (Å²) in [5.74, 6) is -1.52. The molecule has 0 spiro atoms. The third-order valence-electron chi connectivity index (χ3n) is 2.32. The van der Waals surface area contributed by atoms with E-state index in [-0.39, 0.29) is 0 Å². The number of aliphatic carboxylic acids is 1. The summed E-state index contributed by atoms with van der Waals surface area (Å²) in [6.45, 7) is 1.31. The summed E-state index contributed by atoms with van der Waals surface area (Å²) in [6, 6.07) is 5.38. The van der Waals surface area contributed by atoms with Gasteiger partial charge in [0.05, 0.1) is 5.69 Å². The van der Waals surface area contributed by atoms with Gasteiger partial charge in [0.25, 0.3) is 5.91 Å². The Labute approximate surface area is 96.9 Å². The number of aryl methyl sites for hydroxylation is 1. The fourth-order valence-electron chi connectivity index (χ4n) is 1.63. The topological polar surface area (TPSA) is 83.7 Å². The van der Waals surface area contributed by atoms with Gasteiger partial charge in [-0.2, -0.15) is 0 Å². The van der Waals surface area contributed by atoms with E-state index in [1.807, 2.05) is 6.07 Å². The molecule has 6 heteroatoms. The van der Waals surface area contributed by atoms with Gasteiger partial charge < -0.3 is 10.4 Å². The molecule has 2 rings (SSSR count). The van der Waals surface area contributed by atoms with E-state index in [9.17, 15) is 9.59 Å². The van der Waals surface area contributed by atoms with Crippen molar-refractivity contribution in [3.63, 3.8) is 0 Å². The van der Waals surface area contributed by atoms with Gasteiger partial charge in [-0.25, -0.2) is 4.98 Å². The molecular formula is C11H11N3O3. The predicted molar refractivity (Wildman–Crippen MR) is 59.9 cm³/mol. The van der Waals surface area contributed by atoms with Gasteiger partial charge in [-0.1, -0.05) is 6.07 Å². The van der Waals surface area contributed by atoms with Crippen LogP contribution in [0.2, 0.25) is 0 Å². The molecule has 0 radical (unpaired) electrons. The standard InChI is InChI=1S/C11H11N3O3/c1-7-10(11(17)12-6-9(15)16)14-5-3-2-4-8(14)13-7/h2-5H,6H2,1H3,(H,12,17)(H,15,16). The van der Waals surface area contributed by atoms with Crippen molar-refractivity contribution in [2.24, 2.45) is 0 Å². The van der Waals surface area contributed by atoms with Crippen LogP contribution in [0, 0.1) is 6.92 Å². The van der Waals surface area contributed by atoms with Crippen molar-refractivity contribution >= 4 is 17.5 Å². The third-order valence-corrected chi connectivity index (χ3v) is 2.32. The maximum atomic E-state index is 11.8. The van der Waals surface area contributed by atoms with Crippen LogP contribution in [0.25, 0.3) is 5.65 Å². The number of carbonyl (C=O) groups is 2. The highest BCUT2D eigenvalue weighted by molar-refractivity contribution is 5.96. The molecule has 0 atom stereocenters. The normalized spacial score (nSPS) is 10.4. The van der Waals surface area contributed by atoms with Gasteiger partial charge in [0.2, 0.25) is 0 Å². The highest BCUT2D eigenvalue weighted by Crippen LogP contribution is 2.11. The summed E-state index contributed by atoms with van der Waals surface area (Å²) in [5.41, 5.74) is 1.59. The monoisotopic (exact) mass is 233 g/mol. The van der Waals surface area contributed by atoms with Crippen LogP contribution in [-0.4, -0.2) is 32.9 Å². The van der Waals surface area contributed by atoms with E-state index in [2.05, 4.69) is 10.3 Å². The molecule has 0 unspecified atom stereocenters. The number of nitrogens with zero attached hydrogens (tertiary/aromatic N) is 2. The van der Waals surface area contributed by atoms with Gasteiger partial charge in [0.15, 0.2) is 0 Å². The first-order valence-corrected chi connectivity index (χ1v) is 5.03. The lowest BCUT2D eigenvalue weighted by molar-refractivity contribution is -0.135. The molecule has 0 bridgehead atoms. The Bertz CT molecular complexity index is 589.